The average molecular weight is 290 g/mol. The van der Waals surface area contributed by atoms with Gasteiger partial charge in [-0.3, -0.25) is 4.79 Å². The predicted molar refractivity (Wildman–Crippen MR) is 77.0 cm³/mol. The van der Waals surface area contributed by atoms with E-state index in [9.17, 15) is 13.2 Å². The first-order valence-electron chi connectivity index (χ1n) is 7.01. The minimum Gasteiger partial charge on any atom is -0.299 e. The van der Waals surface area contributed by atoms with Crippen LogP contribution in [0.25, 0.3) is 0 Å². The van der Waals surface area contributed by atoms with Crippen LogP contribution >= 0.6 is 0 Å². The van der Waals surface area contributed by atoms with Gasteiger partial charge in [0.2, 0.25) is 0 Å². The van der Waals surface area contributed by atoms with Gasteiger partial charge in [-0.2, -0.15) is 0 Å². The van der Waals surface area contributed by atoms with Crippen molar-refractivity contribution in [1.29, 1.82) is 0 Å². The summed E-state index contributed by atoms with van der Waals surface area (Å²) in [4.78, 5) is 12.3. The van der Waals surface area contributed by atoms with Crippen LogP contribution in [0.4, 0.5) is 0 Å². The Morgan fingerprint density at radius 3 is 2.55 bits per heavy atom. The van der Waals surface area contributed by atoms with Gasteiger partial charge in [0.25, 0.3) is 0 Å². The molecule has 0 unspecified atom stereocenters. The van der Waals surface area contributed by atoms with Gasteiger partial charge in [-0.15, -0.1) is 0 Å². The first-order valence-corrected chi connectivity index (χ1v) is 8.56. The Balaban J connectivity index is 2.01. The van der Waals surface area contributed by atoms with Crippen LogP contribution in [0.3, 0.4) is 0 Å². The summed E-state index contributed by atoms with van der Waals surface area (Å²) in [7, 11) is -3.43. The van der Waals surface area contributed by atoms with Crippen LogP contribution in [0.5, 0.6) is 0 Å². The topological polar surface area (TPSA) is 51.2 Å². The lowest BCUT2D eigenvalue weighted by Gasteiger charge is -2.27. The van der Waals surface area contributed by atoms with Crippen molar-refractivity contribution in [2.45, 2.75) is 35.8 Å². The Hall–Kier alpha value is -1.42. The number of rotatable bonds is 2. The lowest BCUT2D eigenvalue weighted by atomic mass is 9.81. The summed E-state index contributed by atoms with van der Waals surface area (Å²) in [6.07, 6.45) is 2.74. The fourth-order valence-corrected chi connectivity index (χ4v) is 5.82. The maximum Gasteiger partial charge on any atom is 0.185 e. The number of sulfone groups is 1. The molecule has 0 aliphatic heterocycles. The molecule has 3 nitrogen and oxygen atoms in total. The summed E-state index contributed by atoms with van der Waals surface area (Å²) >= 11 is 0. The van der Waals surface area contributed by atoms with Crippen LogP contribution in [0.15, 0.2) is 47.4 Å². The van der Waals surface area contributed by atoms with Gasteiger partial charge in [0.05, 0.1) is 10.1 Å². The molecule has 106 valence electrons. The third-order valence-corrected chi connectivity index (χ3v) is 6.85. The monoisotopic (exact) mass is 290 g/mol. The minimum absolute atomic E-state index is 0.0750. The van der Waals surface area contributed by atoms with Gasteiger partial charge in [0, 0.05) is 12.3 Å². The predicted octanol–water partition coefficient (Wildman–Crippen LogP) is 2.77. The van der Waals surface area contributed by atoms with E-state index in [2.05, 4.69) is 6.58 Å². The molecule has 0 bridgehead atoms. The zero-order valence-electron chi connectivity index (χ0n) is 11.3. The summed E-state index contributed by atoms with van der Waals surface area (Å²) in [6.45, 7) is 3.95. The fraction of sp³-hybridized carbons (Fsp3) is 0.438. The highest BCUT2D eigenvalue weighted by Gasteiger charge is 2.49. The zero-order chi connectivity index (χ0) is 14.3. The maximum atomic E-state index is 12.8. The molecule has 0 saturated heterocycles. The molecule has 0 N–H and O–H groups in total. The number of Topliss-reactive ketones (excluding diaryl/α,β-unsaturated/α-hetero) is 1. The molecule has 0 radical (unpaired) electrons. The molecule has 0 aromatic heterocycles. The van der Waals surface area contributed by atoms with Crippen LogP contribution in [0, 0.1) is 11.8 Å². The number of hydrogen-bond acceptors (Lipinski definition) is 3. The third-order valence-electron chi connectivity index (χ3n) is 4.57. The highest BCUT2D eigenvalue weighted by atomic mass is 32.2. The van der Waals surface area contributed by atoms with Crippen LogP contribution in [0.2, 0.25) is 0 Å². The van der Waals surface area contributed by atoms with E-state index in [1.165, 1.54) is 0 Å². The normalized spacial score (nSPS) is 30.3. The Morgan fingerprint density at radius 1 is 1.15 bits per heavy atom. The van der Waals surface area contributed by atoms with Gasteiger partial charge in [-0.25, -0.2) is 8.42 Å². The third kappa shape index (κ3) is 2.03. The molecular formula is C16H18O3S. The summed E-state index contributed by atoms with van der Waals surface area (Å²) in [5, 5.41) is -0.584. The van der Waals surface area contributed by atoms with E-state index in [4.69, 9.17) is 0 Å². The van der Waals surface area contributed by atoms with Gasteiger partial charge in [0.1, 0.15) is 5.78 Å². The van der Waals surface area contributed by atoms with Crippen molar-refractivity contribution in [3.05, 3.63) is 42.5 Å². The lowest BCUT2D eigenvalue weighted by molar-refractivity contribution is -0.125. The number of carbonyl (C=O) groups excluding carboxylic acids is 1. The van der Waals surface area contributed by atoms with Gasteiger partial charge >= 0.3 is 0 Å². The van der Waals surface area contributed by atoms with Crippen molar-refractivity contribution in [3.63, 3.8) is 0 Å². The van der Waals surface area contributed by atoms with Gasteiger partial charge in [0.15, 0.2) is 9.84 Å². The second-order valence-electron chi connectivity index (χ2n) is 5.77. The van der Waals surface area contributed by atoms with Gasteiger partial charge < -0.3 is 0 Å². The number of hydrogen-bond donors (Lipinski definition) is 0. The zero-order valence-corrected chi connectivity index (χ0v) is 12.1. The Morgan fingerprint density at radius 2 is 1.85 bits per heavy atom. The molecule has 1 aromatic carbocycles. The van der Waals surface area contributed by atoms with E-state index >= 15 is 0 Å². The second-order valence-corrected chi connectivity index (χ2v) is 7.84. The molecule has 2 aliphatic carbocycles. The van der Waals surface area contributed by atoms with Crippen molar-refractivity contribution < 1.29 is 13.2 Å². The summed E-state index contributed by atoms with van der Waals surface area (Å²) in [5.74, 6) is 0.0156. The molecular weight excluding hydrogens is 272 g/mol. The van der Waals surface area contributed by atoms with Crippen LogP contribution in [-0.4, -0.2) is 19.5 Å². The highest BCUT2D eigenvalue weighted by molar-refractivity contribution is 7.92. The fourth-order valence-electron chi connectivity index (χ4n) is 3.67. The summed E-state index contributed by atoms with van der Waals surface area (Å²) in [5.41, 5.74) is 0.708. The molecule has 4 heteroatoms. The molecule has 1 aromatic rings. The first kappa shape index (κ1) is 13.6. The molecule has 3 rings (SSSR count). The molecule has 3 atom stereocenters. The lowest BCUT2D eigenvalue weighted by Crippen LogP contribution is -2.34. The number of benzene rings is 1. The number of carbonyl (C=O) groups is 1. The minimum atomic E-state index is -3.43. The number of ketones is 1. The highest BCUT2D eigenvalue weighted by Crippen LogP contribution is 2.47. The Labute approximate surface area is 119 Å². The summed E-state index contributed by atoms with van der Waals surface area (Å²) in [6, 6.07) is 8.51. The van der Waals surface area contributed by atoms with E-state index < -0.39 is 15.1 Å². The maximum absolute atomic E-state index is 12.8. The molecule has 0 amide bonds. The van der Waals surface area contributed by atoms with E-state index in [1.807, 2.05) is 0 Å². The standard InChI is InChI=1S/C16H18O3S/c1-11-10-14-13(8-5-9-15(14)17)16(11)20(18,19)12-6-3-2-4-7-12/h2-4,6-7,13-14,16H,1,5,8-10H2/t13-,14-,16-/m1/s1. The first-order chi connectivity index (χ1) is 9.51. The van der Waals surface area contributed by atoms with E-state index in [0.717, 1.165) is 12.8 Å². The Bertz CT molecular complexity index is 646. The molecule has 20 heavy (non-hydrogen) atoms. The van der Waals surface area contributed by atoms with E-state index in [-0.39, 0.29) is 17.6 Å². The van der Waals surface area contributed by atoms with Crippen LogP contribution < -0.4 is 0 Å². The van der Waals surface area contributed by atoms with E-state index in [1.54, 1.807) is 30.3 Å². The average Bonchev–Trinajstić information content (AvgIpc) is 2.78. The van der Waals surface area contributed by atoms with Gasteiger partial charge in [-0.05, 0) is 37.3 Å². The molecule has 2 saturated carbocycles. The quantitative estimate of drug-likeness (QED) is 0.787. The van der Waals surface area contributed by atoms with Crippen molar-refractivity contribution in [2.75, 3.05) is 0 Å². The van der Waals surface area contributed by atoms with Crippen molar-refractivity contribution >= 4 is 15.6 Å². The van der Waals surface area contributed by atoms with Crippen molar-refractivity contribution in [1.82, 2.24) is 0 Å². The molecule has 2 fully saturated rings. The van der Waals surface area contributed by atoms with Gasteiger partial charge in [-0.1, -0.05) is 30.4 Å². The second kappa shape index (κ2) is 4.85. The number of fused-ring (bicyclic) bond motifs is 1. The molecule has 0 heterocycles. The largest absolute Gasteiger partial charge is 0.299 e. The molecule has 2 aliphatic rings. The van der Waals surface area contributed by atoms with Crippen LogP contribution in [-0.2, 0) is 14.6 Å². The summed E-state index contributed by atoms with van der Waals surface area (Å²) < 4.78 is 25.7. The Kier molecular flexibility index (Phi) is 3.28. The van der Waals surface area contributed by atoms with E-state index in [0.29, 0.717) is 23.3 Å². The smallest absolute Gasteiger partial charge is 0.185 e. The molecule has 0 spiro atoms. The van der Waals surface area contributed by atoms with Crippen molar-refractivity contribution in [2.24, 2.45) is 11.8 Å². The SMILES string of the molecule is C=C1C[C@H]2C(=O)CCC[C@H]2[C@@H]1S(=O)(=O)c1ccccc1. The van der Waals surface area contributed by atoms with Crippen molar-refractivity contribution in [3.8, 4) is 0 Å². The van der Waals surface area contributed by atoms with Crippen LogP contribution in [0.1, 0.15) is 25.7 Å².